The number of ketones is 1. The van der Waals surface area contributed by atoms with Crippen LogP contribution in [-0.4, -0.2) is 23.7 Å². The largest absolute Gasteiger partial charge is 0.308 e. The Bertz CT molecular complexity index is 465. The van der Waals surface area contributed by atoms with Gasteiger partial charge in [0.25, 0.3) is 5.78 Å². The van der Waals surface area contributed by atoms with E-state index in [9.17, 15) is 9.59 Å². The number of nitrogens with zero attached hydrogens (tertiary/aromatic N) is 1. The Morgan fingerprint density at radius 3 is 2.35 bits per heavy atom. The van der Waals surface area contributed by atoms with Crippen LogP contribution >= 0.6 is 0 Å². The Hall–Kier alpha value is -1.68. The molecule has 0 saturated carbocycles. The van der Waals surface area contributed by atoms with Crippen LogP contribution in [0.4, 0.5) is 0 Å². The zero-order valence-electron chi connectivity index (χ0n) is 10.7. The van der Waals surface area contributed by atoms with Crippen molar-refractivity contribution in [3.63, 3.8) is 0 Å². The van der Waals surface area contributed by atoms with E-state index in [2.05, 4.69) is 0 Å². The fourth-order valence-corrected chi connectivity index (χ4v) is 1.93. The maximum atomic E-state index is 12.0. The summed E-state index contributed by atoms with van der Waals surface area (Å²) in [5.74, 6) is 4.08. The topological polar surface area (TPSA) is 63.4 Å². The Morgan fingerprint density at radius 1 is 1.29 bits per heavy atom. The van der Waals surface area contributed by atoms with Crippen LogP contribution in [0.5, 0.6) is 0 Å². The van der Waals surface area contributed by atoms with Crippen molar-refractivity contribution >= 4 is 11.7 Å². The number of rotatable bonds is 3. The van der Waals surface area contributed by atoms with E-state index in [4.69, 9.17) is 5.84 Å². The lowest BCUT2D eigenvalue weighted by molar-refractivity contribution is -0.125. The van der Waals surface area contributed by atoms with Gasteiger partial charge in [-0.25, -0.2) is 5.84 Å². The van der Waals surface area contributed by atoms with Gasteiger partial charge in [-0.2, -0.15) is 0 Å². The molecular weight excluding hydrogens is 216 g/mol. The van der Waals surface area contributed by atoms with Crippen molar-refractivity contribution in [3.8, 4) is 0 Å². The molecule has 0 saturated heterocycles. The standard InChI is InChI=1S/C13H18N2O2/c1-5-10-7-8(2)6-9(3)11(10)12(16)13(17)15(4)14/h6-7H,5,14H2,1-4H3. The number of hydrogen-bond acceptors (Lipinski definition) is 3. The predicted octanol–water partition coefficient (Wildman–Crippen LogP) is 1.38. The molecular formula is C13H18N2O2. The maximum Gasteiger partial charge on any atom is 0.308 e. The highest BCUT2D eigenvalue weighted by molar-refractivity contribution is 6.43. The Kier molecular flexibility index (Phi) is 4.02. The average molecular weight is 234 g/mol. The molecule has 1 amide bonds. The molecule has 0 radical (unpaired) electrons. The lowest BCUT2D eigenvalue weighted by Crippen LogP contribution is -2.39. The van der Waals surface area contributed by atoms with Gasteiger partial charge in [-0.05, 0) is 31.4 Å². The summed E-state index contributed by atoms with van der Waals surface area (Å²) in [6.07, 6.45) is 0.713. The summed E-state index contributed by atoms with van der Waals surface area (Å²) in [6.45, 7) is 5.77. The van der Waals surface area contributed by atoms with Crippen molar-refractivity contribution < 1.29 is 9.59 Å². The number of likely N-dealkylation sites (N-methyl/N-ethyl adjacent to an activating group) is 1. The number of amides is 1. The number of carbonyl (C=O) groups is 2. The molecule has 92 valence electrons. The van der Waals surface area contributed by atoms with E-state index >= 15 is 0 Å². The zero-order valence-corrected chi connectivity index (χ0v) is 10.7. The highest BCUT2D eigenvalue weighted by Gasteiger charge is 2.23. The van der Waals surface area contributed by atoms with Crippen molar-refractivity contribution in [2.24, 2.45) is 5.84 Å². The van der Waals surface area contributed by atoms with E-state index in [-0.39, 0.29) is 0 Å². The third-order valence-corrected chi connectivity index (χ3v) is 2.68. The molecule has 0 spiro atoms. The van der Waals surface area contributed by atoms with Gasteiger partial charge in [0.15, 0.2) is 0 Å². The van der Waals surface area contributed by atoms with Gasteiger partial charge in [-0.15, -0.1) is 0 Å². The first kappa shape index (κ1) is 13.4. The van der Waals surface area contributed by atoms with Crippen molar-refractivity contribution in [2.75, 3.05) is 7.05 Å². The molecule has 1 rings (SSSR count). The summed E-state index contributed by atoms with van der Waals surface area (Å²) < 4.78 is 0. The monoisotopic (exact) mass is 234 g/mol. The normalized spacial score (nSPS) is 10.2. The van der Waals surface area contributed by atoms with Crippen molar-refractivity contribution in [3.05, 3.63) is 34.4 Å². The number of aryl methyl sites for hydroxylation is 3. The third kappa shape index (κ3) is 2.71. The molecule has 0 aliphatic carbocycles. The zero-order chi connectivity index (χ0) is 13.2. The maximum absolute atomic E-state index is 12.0. The van der Waals surface area contributed by atoms with Crippen molar-refractivity contribution in [2.45, 2.75) is 27.2 Å². The summed E-state index contributed by atoms with van der Waals surface area (Å²) in [4.78, 5) is 23.6. The molecule has 4 heteroatoms. The minimum absolute atomic E-state index is 0.486. The number of benzene rings is 1. The van der Waals surface area contributed by atoms with Crippen LogP contribution in [-0.2, 0) is 11.2 Å². The number of Topliss-reactive ketones (excluding diaryl/α,β-unsaturated/α-hetero) is 1. The van der Waals surface area contributed by atoms with Gasteiger partial charge in [0.2, 0.25) is 0 Å². The number of carbonyl (C=O) groups excluding carboxylic acids is 2. The summed E-state index contributed by atoms with van der Waals surface area (Å²) in [5.41, 5.74) is 3.29. The van der Waals surface area contributed by atoms with E-state index in [0.29, 0.717) is 12.0 Å². The quantitative estimate of drug-likeness (QED) is 0.282. The Morgan fingerprint density at radius 2 is 1.88 bits per heavy atom. The lowest BCUT2D eigenvalue weighted by atomic mass is 9.94. The molecule has 1 aromatic carbocycles. The number of nitrogens with two attached hydrogens (primary N) is 1. The molecule has 2 N–H and O–H groups in total. The van der Waals surface area contributed by atoms with Crippen molar-refractivity contribution in [1.29, 1.82) is 0 Å². The van der Waals surface area contributed by atoms with E-state index in [0.717, 1.165) is 21.7 Å². The van der Waals surface area contributed by atoms with Crippen LogP contribution in [0, 0.1) is 13.8 Å². The number of hydrogen-bond donors (Lipinski definition) is 1. The summed E-state index contributed by atoms with van der Waals surface area (Å²) in [6, 6.07) is 3.83. The van der Waals surface area contributed by atoms with Crippen LogP contribution in [0.2, 0.25) is 0 Å². The van der Waals surface area contributed by atoms with Gasteiger partial charge in [0.1, 0.15) is 0 Å². The second kappa shape index (κ2) is 5.10. The first-order valence-corrected chi connectivity index (χ1v) is 5.55. The molecule has 0 aliphatic rings. The summed E-state index contributed by atoms with van der Waals surface area (Å²) in [7, 11) is 1.37. The highest BCUT2D eigenvalue weighted by atomic mass is 16.2. The fourth-order valence-electron chi connectivity index (χ4n) is 1.93. The summed E-state index contributed by atoms with van der Waals surface area (Å²) >= 11 is 0. The smallest absolute Gasteiger partial charge is 0.283 e. The molecule has 0 atom stereocenters. The van der Waals surface area contributed by atoms with Gasteiger partial charge in [0, 0.05) is 12.6 Å². The van der Waals surface area contributed by atoms with Gasteiger partial charge in [0.05, 0.1) is 0 Å². The van der Waals surface area contributed by atoms with Crippen LogP contribution in [0.15, 0.2) is 12.1 Å². The lowest BCUT2D eigenvalue weighted by Gasteiger charge is -2.14. The van der Waals surface area contributed by atoms with Crippen LogP contribution in [0.3, 0.4) is 0 Å². The molecule has 0 aliphatic heterocycles. The SMILES string of the molecule is CCc1cc(C)cc(C)c1C(=O)C(=O)N(C)N. The third-order valence-electron chi connectivity index (χ3n) is 2.68. The average Bonchev–Trinajstić information content (AvgIpc) is 2.25. The van der Waals surface area contributed by atoms with E-state index in [1.54, 1.807) is 0 Å². The minimum atomic E-state index is -0.688. The molecule has 0 bridgehead atoms. The van der Waals surface area contributed by atoms with Gasteiger partial charge in [-0.3, -0.25) is 14.6 Å². The molecule has 0 heterocycles. The van der Waals surface area contributed by atoms with E-state index < -0.39 is 11.7 Å². The second-order valence-corrected chi connectivity index (χ2v) is 4.21. The van der Waals surface area contributed by atoms with E-state index in [1.807, 2.05) is 32.9 Å². The highest BCUT2D eigenvalue weighted by Crippen LogP contribution is 2.19. The van der Waals surface area contributed by atoms with E-state index in [1.165, 1.54) is 7.05 Å². The fraction of sp³-hybridized carbons (Fsp3) is 0.385. The molecule has 0 aromatic heterocycles. The van der Waals surface area contributed by atoms with Crippen molar-refractivity contribution in [1.82, 2.24) is 5.01 Å². The first-order chi connectivity index (χ1) is 7.88. The molecule has 0 fully saturated rings. The molecule has 1 aromatic rings. The molecule has 0 unspecified atom stereocenters. The number of hydrazine groups is 1. The Balaban J connectivity index is 3.31. The van der Waals surface area contributed by atoms with Crippen LogP contribution < -0.4 is 5.84 Å². The summed E-state index contributed by atoms with van der Waals surface area (Å²) in [5, 5.41) is 0.821. The predicted molar refractivity (Wildman–Crippen MR) is 66.6 cm³/mol. The molecule has 17 heavy (non-hydrogen) atoms. The minimum Gasteiger partial charge on any atom is -0.283 e. The van der Waals surface area contributed by atoms with Gasteiger partial charge in [-0.1, -0.05) is 24.6 Å². The Labute approximate surface area is 101 Å². The second-order valence-electron chi connectivity index (χ2n) is 4.21. The van der Waals surface area contributed by atoms with Gasteiger partial charge >= 0.3 is 5.91 Å². The first-order valence-electron chi connectivity index (χ1n) is 5.55. The van der Waals surface area contributed by atoms with Crippen LogP contribution in [0.25, 0.3) is 0 Å². The molecule has 4 nitrogen and oxygen atoms in total. The van der Waals surface area contributed by atoms with Gasteiger partial charge < -0.3 is 0 Å². The van der Waals surface area contributed by atoms with Crippen LogP contribution in [0.1, 0.15) is 34.0 Å².